The van der Waals surface area contributed by atoms with E-state index in [-0.39, 0.29) is 10.5 Å². The highest BCUT2D eigenvalue weighted by Gasteiger charge is 2.27. The predicted molar refractivity (Wildman–Crippen MR) is 69.9 cm³/mol. The Kier molecular flexibility index (Phi) is 5.02. The number of rotatable bonds is 6. The number of hydrogen-bond acceptors (Lipinski definition) is 5. The SMILES string of the molecule is Cc1cc(S(=O)(=O)N[C@H](CC(=O)O)C(=O)O)ccc1C#N. The second kappa shape index (κ2) is 6.34. The van der Waals surface area contributed by atoms with Gasteiger partial charge in [0.15, 0.2) is 0 Å². The van der Waals surface area contributed by atoms with E-state index < -0.39 is 34.4 Å². The zero-order valence-corrected chi connectivity index (χ0v) is 11.7. The van der Waals surface area contributed by atoms with Crippen LogP contribution in [0.4, 0.5) is 0 Å². The van der Waals surface area contributed by atoms with E-state index in [1.165, 1.54) is 19.1 Å². The van der Waals surface area contributed by atoms with Gasteiger partial charge in [0.2, 0.25) is 10.0 Å². The Labute approximate surface area is 120 Å². The molecule has 0 aliphatic rings. The molecule has 0 bridgehead atoms. The maximum atomic E-state index is 12.0. The van der Waals surface area contributed by atoms with E-state index in [0.29, 0.717) is 5.56 Å². The summed E-state index contributed by atoms with van der Waals surface area (Å²) in [5.41, 5.74) is 0.694. The van der Waals surface area contributed by atoms with Crippen molar-refractivity contribution in [1.29, 1.82) is 5.26 Å². The van der Waals surface area contributed by atoms with Crippen LogP contribution in [0.25, 0.3) is 0 Å². The highest BCUT2D eigenvalue weighted by atomic mass is 32.2. The lowest BCUT2D eigenvalue weighted by Gasteiger charge is -2.13. The summed E-state index contributed by atoms with van der Waals surface area (Å²) in [4.78, 5) is 21.2. The molecule has 0 aromatic heterocycles. The first-order valence-electron chi connectivity index (χ1n) is 5.65. The molecule has 112 valence electrons. The molecule has 1 rings (SSSR count). The molecule has 0 spiro atoms. The topological polar surface area (TPSA) is 145 Å². The first-order chi connectivity index (χ1) is 9.67. The predicted octanol–water partition coefficient (Wildman–Crippen LogP) is 0.0729. The zero-order valence-electron chi connectivity index (χ0n) is 10.9. The van der Waals surface area contributed by atoms with Crippen LogP contribution in [0.3, 0.4) is 0 Å². The molecular weight excluding hydrogens is 300 g/mol. The molecule has 0 saturated carbocycles. The Balaban J connectivity index is 3.10. The van der Waals surface area contributed by atoms with Crippen LogP contribution in [0.5, 0.6) is 0 Å². The molecule has 0 heterocycles. The molecule has 3 N–H and O–H groups in total. The third-order valence-corrected chi connectivity index (χ3v) is 4.07. The number of nitrogens with zero attached hydrogens (tertiary/aromatic N) is 1. The summed E-state index contributed by atoms with van der Waals surface area (Å²) in [6.07, 6.45) is -0.885. The first kappa shape index (κ1) is 16.6. The number of nitriles is 1. The Morgan fingerprint density at radius 3 is 2.43 bits per heavy atom. The molecule has 0 aliphatic heterocycles. The zero-order chi connectivity index (χ0) is 16.2. The summed E-state index contributed by atoms with van der Waals surface area (Å²) in [7, 11) is -4.20. The third-order valence-electron chi connectivity index (χ3n) is 2.60. The number of carboxylic acid groups (broad SMARTS) is 2. The van der Waals surface area contributed by atoms with Gasteiger partial charge in [0.1, 0.15) is 6.04 Å². The van der Waals surface area contributed by atoms with Gasteiger partial charge in [-0.15, -0.1) is 0 Å². The lowest BCUT2D eigenvalue weighted by molar-refractivity contribution is -0.145. The number of benzene rings is 1. The van der Waals surface area contributed by atoms with Crippen LogP contribution < -0.4 is 4.72 Å². The Bertz CT molecular complexity index is 720. The van der Waals surface area contributed by atoms with Crippen molar-refractivity contribution in [2.75, 3.05) is 0 Å². The van der Waals surface area contributed by atoms with E-state index in [1.54, 1.807) is 0 Å². The molecule has 0 unspecified atom stereocenters. The maximum absolute atomic E-state index is 12.0. The van der Waals surface area contributed by atoms with E-state index in [9.17, 15) is 18.0 Å². The van der Waals surface area contributed by atoms with Crippen molar-refractivity contribution in [1.82, 2.24) is 4.72 Å². The fourth-order valence-corrected chi connectivity index (χ4v) is 2.81. The largest absolute Gasteiger partial charge is 0.481 e. The van der Waals surface area contributed by atoms with Crippen molar-refractivity contribution < 1.29 is 28.2 Å². The van der Waals surface area contributed by atoms with Crippen molar-refractivity contribution in [3.63, 3.8) is 0 Å². The molecule has 1 aromatic rings. The smallest absolute Gasteiger partial charge is 0.322 e. The van der Waals surface area contributed by atoms with Gasteiger partial charge in [0.05, 0.1) is 22.9 Å². The number of hydrogen-bond donors (Lipinski definition) is 3. The minimum atomic E-state index is -4.20. The van der Waals surface area contributed by atoms with Crippen molar-refractivity contribution in [2.45, 2.75) is 24.3 Å². The quantitative estimate of drug-likeness (QED) is 0.674. The molecule has 1 aromatic carbocycles. The van der Waals surface area contributed by atoms with E-state index in [1.807, 2.05) is 10.8 Å². The van der Waals surface area contributed by atoms with Gasteiger partial charge >= 0.3 is 11.9 Å². The van der Waals surface area contributed by atoms with Crippen LogP contribution in [-0.2, 0) is 19.6 Å². The number of carbonyl (C=O) groups is 2. The Morgan fingerprint density at radius 1 is 1.38 bits per heavy atom. The van der Waals surface area contributed by atoms with Gasteiger partial charge in [-0.05, 0) is 30.7 Å². The van der Waals surface area contributed by atoms with Gasteiger partial charge in [0.25, 0.3) is 0 Å². The van der Waals surface area contributed by atoms with E-state index >= 15 is 0 Å². The molecule has 0 saturated heterocycles. The summed E-state index contributed by atoms with van der Waals surface area (Å²) < 4.78 is 25.9. The van der Waals surface area contributed by atoms with Crippen LogP contribution >= 0.6 is 0 Å². The fraction of sp³-hybridized carbons (Fsp3) is 0.250. The Morgan fingerprint density at radius 2 is 2.00 bits per heavy atom. The summed E-state index contributed by atoms with van der Waals surface area (Å²) in [5, 5.41) is 26.2. The Hall–Kier alpha value is -2.44. The van der Waals surface area contributed by atoms with Crippen molar-refractivity contribution in [2.24, 2.45) is 0 Å². The molecule has 21 heavy (non-hydrogen) atoms. The number of aliphatic carboxylic acids is 2. The molecule has 9 heteroatoms. The summed E-state index contributed by atoms with van der Waals surface area (Å²) in [6, 6.07) is 3.74. The normalized spacial score (nSPS) is 12.4. The van der Waals surface area contributed by atoms with E-state index in [2.05, 4.69) is 0 Å². The average Bonchev–Trinajstić information content (AvgIpc) is 2.36. The monoisotopic (exact) mass is 312 g/mol. The number of carboxylic acids is 2. The maximum Gasteiger partial charge on any atom is 0.322 e. The number of aryl methyl sites for hydroxylation is 1. The molecule has 8 nitrogen and oxygen atoms in total. The molecule has 0 amide bonds. The van der Waals surface area contributed by atoms with E-state index in [4.69, 9.17) is 15.5 Å². The van der Waals surface area contributed by atoms with E-state index in [0.717, 1.165) is 6.07 Å². The standard InChI is InChI=1S/C12H12N2O6S/c1-7-4-9(3-2-8(7)6-13)21(19,20)14-10(12(17)18)5-11(15)16/h2-4,10,14H,5H2,1H3,(H,15,16)(H,17,18)/t10-/m1/s1. The van der Waals surface area contributed by atoms with Crippen LogP contribution in [0.2, 0.25) is 0 Å². The van der Waals surface area contributed by atoms with Gasteiger partial charge in [-0.3, -0.25) is 9.59 Å². The van der Waals surface area contributed by atoms with Gasteiger partial charge in [-0.1, -0.05) is 0 Å². The minimum Gasteiger partial charge on any atom is -0.481 e. The molecule has 1 atom stereocenters. The molecule has 0 radical (unpaired) electrons. The molecule has 0 fully saturated rings. The summed E-state index contributed by atoms with van der Waals surface area (Å²) in [6.45, 7) is 1.53. The van der Waals surface area contributed by atoms with Crippen LogP contribution in [-0.4, -0.2) is 36.6 Å². The van der Waals surface area contributed by atoms with Gasteiger partial charge < -0.3 is 10.2 Å². The third kappa shape index (κ3) is 4.27. The second-order valence-corrected chi connectivity index (χ2v) is 5.91. The van der Waals surface area contributed by atoms with Crippen LogP contribution in [0.15, 0.2) is 23.1 Å². The lowest BCUT2D eigenvalue weighted by atomic mass is 10.1. The second-order valence-electron chi connectivity index (χ2n) is 4.20. The van der Waals surface area contributed by atoms with Crippen LogP contribution in [0.1, 0.15) is 17.5 Å². The first-order valence-corrected chi connectivity index (χ1v) is 7.13. The van der Waals surface area contributed by atoms with Crippen molar-refractivity contribution in [3.8, 4) is 6.07 Å². The lowest BCUT2D eigenvalue weighted by Crippen LogP contribution is -2.42. The van der Waals surface area contributed by atoms with Crippen molar-refractivity contribution >= 4 is 22.0 Å². The fourth-order valence-electron chi connectivity index (χ4n) is 1.54. The summed E-state index contributed by atoms with van der Waals surface area (Å²) in [5.74, 6) is -3.03. The molecule has 0 aliphatic carbocycles. The molecular formula is C12H12N2O6S. The summed E-state index contributed by atoms with van der Waals surface area (Å²) >= 11 is 0. The number of sulfonamides is 1. The van der Waals surface area contributed by atoms with Gasteiger partial charge in [-0.25, -0.2) is 8.42 Å². The average molecular weight is 312 g/mol. The highest BCUT2D eigenvalue weighted by molar-refractivity contribution is 7.89. The van der Waals surface area contributed by atoms with Crippen molar-refractivity contribution in [3.05, 3.63) is 29.3 Å². The minimum absolute atomic E-state index is 0.240. The van der Waals surface area contributed by atoms with Gasteiger partial charge in [0, 0.05) is 0 Å². The number of nitrogens with one attached hydrogen (secondary N) is 1. The van der Waals surface area contributed by atoms with Crippen LogP contribution in [0, 0.1) is 18.3 Å². The highest BCUT2D eigenvalue weighted by Crippen LogP contribution is 2.15. The van der Waals surface area contributed by atoms with Gasteiger partial charge in [-0.2, -0.15) is 9.98 Å².